The summed E-state index contributed by atoms with van der Waals surface area (Å²) in [5.74, 6) is 0.695. The summed E-state index contributed by atoms with van der Waals surface area (Å²) < 4.78 is 7.68. The molecule has 0 saturated carbocycles. The third kappa shape index (κ3) is 4.40. The highest BCUT2D eigenvalue weighted by Gasteiger charge is 2.11. The van der Waals surface area contributed by atoms with E-state index in [4.69, 9.17) is 4.74 Å². The van der Waals surface area contributed by atoms with Crippen molar-refractivity contribution in [2.45, 2.75) is 27.0 Å². The van der Waals surface area contributed by atoms with Crippen molar-refractivity contribution >= 4 is 29.0 Å². The number of aryl methyl sites for hydroxylation is 1. The molecule has 3 rings (SSSR count). The van der Waals surface area contributed by atoms with Crippen molar-refractivity contribution < 1.29 is 9.53 Å². The standard InChI is InChI=1S/C20H21N3O2S/c1-3-7-16-8-5-6-9-18(16)25-13-15-10-19(26-14-15)20(24)22-17-11-21-23(4-2)12-17/h3,5-12,14H,4,13H2,1-2H3,(H,22,24)/b7-3+. The number of amides is 1. The number of ether oxygens (including phenoxy) is 1. The zero-order valence-electron chi connectivity index (χ0n) is 14.8. The van der Waals surface area contributed by atoms with Crippen molar-refractivity contribution in [1.82, 2.24) is 9.78 Å². The number of aromatic nitrogens is 2. The topological polar surface area (TPSA) is 56.1 Å². The molecule has 0 spiro atoms. The van der Waals surface area contributed by atoms with Gasteiger partial charge in [0.2, 0.25) is 0 Å². The Hall–Kier alpha value is -2.86. The number of nitrogens with one attached hydrogen (secondary N) is 1. The number of anilines is 1. The van der Waals surface area contributed by atoms with Gasteiger partial charge >= 0.3 is 0 Å². The zero-order chi connectivity index (χ0) is 18.4. The predicted molar refractivity (Wildman–Crippen MR) is 106 cm³/mol. The third-order valence-corrected chi connectivity index (χ3v) is 4.73. The first-order valence-corrected chi connectivity index (χ1v) is 9.33. The minimum absolute atomic E-state index is 0.133. The predicted octanol–water partition coefficient (Wildman–Crippen LogP) is 4.83. The molecule has 2 heterocycles. The average Bonchev–Trinajstić information content (AvgIpc) is 3.30. The minimum Gasteiger partial charge on any atom is -0.488 e. The maximum absolute atomic E-state index is 12.4. The molecule has 0 bridgehead atoms. The average molecular weight is 367 g/mol. The summed E-state index contributed by atoms with van der Waals surface area (Å²) in [7, 11) is 0. The second-order valence-corrected chi connectivity index (χ2v) is 6.60. The number of carbonyl (C=O) groups is 1. The van der Waals surface area contributed by atoms with E-state index in [9.17, 15) is 4.79 Å². The first kappa shape index (κ1) is 17.9. The number of rotatable bonds is 7. The van der Waals surface area contributed by atoms with Crippen LogP contribution in [-0.2, 0) is 13.2 Å². The van der Waals surface area contributed by atoms with Crippen LogP contribution in [0.25, 0.3) is 6.08 Å². The van der Waals surface area contributed by atoms with Crippen LogP contribution in [0.4, 0.5) is 5.69 Å². The van der Waals surface area contributed by atoms with Crippen LogP contribution in [0.1, 0.15) is 34.6 Å². The van der Waals surface area contributed by atoms with Gasteiger partial charge in [-0.05, 0) is 31.4 Å². The number of nitrogens with zero attached hydrogens (tertiary/aromatic N) is 2. The minimum atomic E-state index is -0.133. The molecule has 6 heteroatoms. The summed E-state index contributed by atoms with van der Waals surface area (Å²) in [6.45, 7) is 5.17. The van der Waals surface area contributed by atoms with Crippen molar-refractivity contribution in [3.8, 4) is 5.75 Å². The van der Waals surface area contributed by atoms with Gasteiger partial charge < -0.3 is 10.1 Å². The van der Waals surface area contributed by atoms with E-state index in [1.165, 1.54) is 11.3 Å². The number of thiophene rings is 1. The molecule has 5 nitrogen and oxygen atoms in total. The van der Waals surface area contributed by atoms with E-state index >= 15 is 0 Å². The Kier molecular flexibility index (Phi) is 5.86. The van der Waals surface area contributed by atoms with Crippen molar-refractivity contribution in [2.24, 2.45) is 0 Å². The lowest BCUT2D eigenvalue weighted by Crippen LogP contribution is -2.09. The highest BCUT2D eigenvalue weighted by molar-refractivity contribution is 7.12. The van der Waals surface area contributed by atoms with Crippen LogP contribution < -0.4 is 10.1 Å². The summed E-state index contributed by atoms with van der Waals surface area (Å²) in [5.41, 5.74) is 2.71. The second-order valence-electron chi connectivity index (χ2n) is 5.68. The molecular weight excluding hydrogens is 346 g/mol. The smallest absolute Gasteiger partial charge is 0.265 e. The fourth-order valence-electron chi connectivity index (χ4n) is 2.45. The number of hydrogen-bond acceptors (Lipinski definition) is 4. The summed E-state index contributed by atoms with van der Waals surface area (Å²) >= 11 is 1.41. The lowest BCUT2D eigenvalue weighted by molar-refractivity contribution is 0.103. The Morgan fingerprint density at radius 1 is 1.38 bits per heavy atom. The molecule has 26 heavy (non-hydrogen) atoms. The number of allylic oxidation sites excluding steroid dienone is 1. The Balaban J connectivity index is 1.62. The van der Waals surface area contributed by atoms with Crippen LogP contribution in [0.2, 0.25) is 0 Å². The SMILES string of the molecule is C/C=C/c1ccccc1OCc1csc(C(=O)Nc2cnn(CC)c2)c1. The molecule has 0 fully saturated rings. The van der Waals surface area contributed by atoms with Gasteiger partial charge in [-0.3, -0.25) is 9.48 Å². The summed E-state index contributed by atoms with van der Waals surface area (Å²) in [6, 6.07) is 9.75. The van der Waals surface area contributed by atoms with E-state index in [1.807, 2.05) is 67.9 Å². The molecule has 3 aromatic rings. The summed E-state index contributed by atoms with van der Waals surface area (Å²) in [6.07, 6.45) is 7.46. The zero-order valence-corrected chi connectivity index (χ0v) is 15.6. The van der Waals surface area contributed by atoms with E-state index in [1.54, 1.807) is 10.9 Å². The molecule has 0 saturated heterocycles. The molecule has 1 amide bonds. The van der Waals surface area contributed by atoms with Gasteiger partial charge in [0.25, 0.3) is 5.91 Å². The Morgan fingerprint density at radius 2 is 2.23 bits per heavy atom. The van der Waals surface area contributed by atoms with E-state index in [2.05, 4.69) is 10.4 Å². The van der Waals surface area contributed by atoms with Crippen molar-refractivity contribution in [2.75, 3.05) is 5.32 Å². The fourth-order valence-corrected chi connectivity index (χ4v) is 3.25. The van der Waals surface area contributed by atoms with Crippen LogP contribution in [0.5, 0.6) is 5.75 Å². The summed E-state index contributed by atoms with van der Waals surface area (Å²) in [5, 5.41) is 8.96. The van der Waals surface area contributed by atoms with Crippen LogP contribution in [0.15, 0.2) is 54.2 Å². The molecule has 0 radical (unpaired) electrons. The third-order valence-electron chi connectivity index (χ3n) is 3.75. The molecular formula is C20H21N3O2S. The Bertz CT molecular complexity index is 911. The largest absolute Gasteiger partial charge is 0.488 e. The maximum Gasteiger partial charge on any atom is 0.265 e. The van der Waals surface area contributed by atoms with Gasteiger partial charge in [0.05, 0.1) is 16.8 Å². The summed E-state index contributed by atoms with van der Waals surface area (Å²) in [4.78, 5) is 13.0. The molecule has 0 aliphatic rings. The maximum atomic E-state index is 12.4. The lowest BCUT2D eigenvalue weighted by atomic mass is 10.2. The molecule has 0 aliphatic heterocycles. The number of hydrogen-bond donors (Lipinski definition) is 1. The van der Waals surface area contributed by atoms with Crippen LogP contribution in [0, 0.1) is 0 Å². The van der Waals surface area contributed by atoms with Gasteiger partial charge in [0.1, 0.15) is 12.4 Å². The molecule has 0 atom stereocenters. The molecule has 2 aromatic heterocycles. The normalized spacial score (nSPS) is 11.0. The van der Waals surface area contributed by atoms with E-state index in [0.717, 1.165) is 23.4 Å². The molecule has 0 aliphatic carbocycles. The quantitative estimate of drug-likeness (QED) is 0.651. The van der Waals surface area contributed by atoms with E-state index < -0.39 is 0 Å². The van der Waals surface area contributed by atoms with Gasteiger partial charge in [-0.25, -0.2) is 0 Å². The van der Waals surface area contributed by atoms with Gasteiger partial charge in [-0.15, -0.1) is 11.3 Å². The monoisotopic (exact) mass is 367 g/mol. The van der Waals surface area contributed by atoms with Crippen molar-refractivity contribution in [3.05, 3.63) is 70.2 Å². The van der Waals surface area contributed by atoms with Gasteiger partial charge in [-0.1, -0.05) is 30.4 Å². The number of carbonyl (C=O) groups excluding carboxylic acids is 1. The Morgan fingerprint density at radius 3 is 3.00 bits per heavy atom. The van der Waals surface area contributed by atoms with Crippen molar-refractivity contribution in [1.29, 1.82) is 0 Å². The second kappa shape index (κ2) is 8.49. The van der Waals surface area contributed by atoms with Crippen LogP contribution in [-0.4, -0.2) is 15.7 Å². The van der Waals surface area contributed by atoms with Crippen molar-refractivity contribution in [3.63, 3.8) is 0 Å². The first-order chi connectivity index (χ1) is 12.7. The molecule has 1 aromatic carbocycles. The van der Waals surface area contributed by atoms with E-state index in [0.29, 0.717) is 17.2 Å². The van der Waals surface area contributed by atoms with E-state index in [-0.39, 0.29) is 5.91 Å². The van der Waals surface area contributed by atoms with Gasteiger partial charge in [0, 0.05) is 23.9 Å². The molecule has 0 unspecified atom stereocenters. The number of benzene rings is 1. The first-order valence-electron chi connectivity index (χ1n) is 8.45. The molecule has 1 N–H and O–H groups in total. The highest BCUT2D eigenvalue weighted by Crippen LogP contribution is 2.23. The lowest BCUT2D eigenvalue weighted by Gasteiger charge is -2.08. The van der Waals surface area contributed by atoms with Gasteiger partial charge in [0.15, 0.2) is 0 Å². The fraction of sp³-hybridized carbons (Fsp3) is 0.200. The highest BCUT2D eigenvalue weighted by atomic mass is 32.1. The van der Waals surface area contributed by atoms with Crippen LogP contribution >= 0.6 is 11.3 Å². The number of para-hydroxylation sites is 1. The van der Waals surface area contributed by atoms with Gasteiger partial charge in [-0.2, -0.15) is 5.10 Å². The van der Waals surface area contributed by atoms with Crippen LogP contribution in [0.3, 0.4) is 0 Å². The molecule has 134 valence electrons. The Labute approximate surface area is 156 Å².